The standard InChI is InChI=1S/C14H23N3/c1-11-4-5-12(2)17(10-11)14-7-6-13(8-15-3)9-16-14/h6-7,9,11-12,15H,4-5,8,10H2,1-3H3. The molecule has 2 atom stereocenters. The fourth-order valence-corrected chi connectivity index (χ4v) is 2.50. The third-order valence-electron chi connectivity index (χ3n) is 3.60. The van der Waals surface area contributed by atoms with Crippen LogP contribution in [0.2, 0.25) is 0 Å². The van der Waals surface area contributed by atoms with Crippen LogP contribution in [0.4, 0.5) is 5.82 Å². The first-order chi connectivity index (χ1) is 8.20. The molecule has 1 saturated heterocycles. The molecule has 17 heavy (non-hydrogen) atoms. The normalized spacial score (nSPS) is 25.0. The summed E-state index contributed by atoms with van der Waals surface area (Å²) in [6, 6.07) is 4.94. The van der Waals surface area contributed by atoms with E-state index in [0.717, 1.165) is 24.8 Å². The minimum Gasteiger partial charge on any atom is -0.354 e. The van der Waals surface area contributed by atoms with Crippen molar-refractivity contribution in [3.8, 4) is 0 Å². The van der Waals surface area contributed by atoms with Gasteiger partial charge in [-0.15, -0.1) is 0 Å². The van der Waals surface area contributed by atoms with Crippen LogP contribution in [-0.2, 0) is 6.54 Å². The molecule has 0 saturated carbocycles. The summed E-state index contributed by atoms with van der Waals surface area (Å²) in [4.78, 5) is 7.03. The minimum absolute atomic E-state index is 0.619. The molecule has 1 aliphatic rings. The van der Waals surface area contributed by atoms with E-state index in [1.165, 1.54) is 18.4 Å². The van der Waals surface area contributed by atoms with Gasteiger partial charge >= 0.3 is 0 Å². The molecule has 3 nitrogen and oxygen atoms in total. The average molecular weight is 233 g/mol. The Kier molecular flexibility index (Phi) is 4.00. The van der Waals surface area contributed by atoms with E-state index < -0.39 is 0 Å². The predicted octanol–water partition coefficient (Wildman–Crippen LogP) is 2.43. The first-order valence-corrected chi connectivity index (χ1v) is 6.57. The molecule has 1 aliphatic heterocycles. The van der Waals surface area contributed by atoms with Crippen LogP contribution in [0.15, 0.2) is 18.3 Å². The lowest BCUT2D eigenvalue weighted by Gasteiger charge is -2.37. The molecule has 1 N–H and O–H groups in total. The van der Waals surface area contributed by atoms with Crippen LogP contribution in [0.5, 0.6) is 0 Å². The molecule has 2 heterocycles. The SMILES string of the molecule is CNCc1ccc(N2CC(C)CCC2C)nc1. The monoisotopic (exact) mass is 233 g/mol. The second-order valence-electron chi connectivity index (χ2n) is 5.24. The number of piperidine rings is 1. The zero-order valence-electron chi connectivity index (χ0n) is 11.1. The van der Waals surface area contributed by atoms with Crippen molar-refractivity contribution in [3.63, 3.8) is 0 Å². The van der Waals surface area contributed by atoms with Crippen molar-refractivity contribution in [1.29, 1.82) is 0 Å². The van der Waals surface area contributed by atoms with Crippen LogP contribution >= 0.6 is 0 Å². The molecule has 0 aromatic carbocycles. The van der Waals surface area contributed by atoms with E-state index in [-0.39, 0.29) is 0 Å². The summed E-state index contributed by atoms with van der Waals surface area (Å²) in [5.74, 6) is 1.91. The van der Waals surface area contributed by atoms with Gasteiger partial charge in [0, 0.05) is 25.3 Å². The maximum absolute atomic E-state index is 4.59. The number of hydrogen-bond acceptors (Lipinski definition) is 3. The summed E-state index contributed by atoms with van der Waals surface area (Å²) in [6.07, 6.45) is 4.61. The Labute approximate surface area is 104 Å². The van der Waals surface area contributed by atoms with Crippen LogP contribution < -0.4 is 10.2 Å². The maximum atomic E-state index is 4.59. The van der Waals surface area contributed by atoms with E-state index in [1.54, 1.807) is 0 Å². The van der Waals surface area contributed by atoms with Gasteiger partial charge in [0.15, 0.2) is 0 Å². The van der Waals surface area contributed by atoms with Gasteiger partial charge in [0.1, 0.15) is 5.82 Å². The molecule has 0 spiro atoms. The van der Waals surface area contributed by atoms with E-state index in [1.807, 2.05) is 13.2 Å². The Balaban J connectivity index is 2.10. The van der Waals surface area contributed by atoms with Crippen molar-refractivity contribution in [1.82, 2.24) is 10.3 Å². The average Bonchev–Trinajstić information content (AvgIpc) is 2.34. The second kappa shape index (κ2) is 5.50. The molecule has 0 aliphatic carbocycles. The van der Waals surface area contributed by atoms with Gasteiger partial charge in [-0.25, -0.2) is 4.98 Å². The number of nitrogens with zero attached hydrogens (tertiary/aromatic N) is 2. The van der Waals surface area contributed by atoms with E-state index >= 15 is 0 Å². The Morgan fingerprint density at radius 2 is 2.18 bits per heavy atom. The van der Waals surface area contributed by atoms with Crippen LogP contribution in [0.3, 0.4) is 0 Å². The Hall–Kier alpha value is -1.09. The highest BCUT2D eigenvalue weighted by molar-refractivity contribution is 5.41. The first-order valence-electron chi connectivity index (χ1n) is 6.57. The van der Waals surface area contributed by atoms with Gasteiger partial charge < -0.3 is 10.2 Å². The highest BCUT2D eigenvalue weighted by atomic mass is 15.2. The van der Waals surface area contributed by atoms with Gasteiger partial charge in [-0.3, -0.25) is 0 Å². The molecule has 3 heteroatoms. The van der Waals surface area contributed by atoms with Gasteiger partial charge in [0.2, 0.25) is 0 Å². The van der Waals surface area contributed by atoms with Crippen LogP contribution in [0, 0.1) is 5.92 Å². The zero-order valence-corrected chi connectivity index (χ0v) is 11.1. The number of pyridine rings is 1. The van der Waals surface area contributed by atoms with Crippen LogP contribution in [-0.4, -0.2) is 24.6 Å². The fraction of sp³-hybridized carbons (Fsp3) is 0.643. The molecular weight excluding hydrogens is 210 g/mol. The summed E-state index contributed by atoms with van der Waals surface area (Å²) >= 11 is 0. The van der Waals surface area contributed by atoms with Crippen molar-refractivity contribution in [2.75, 3.05) is 18.5 Å². The molecule has 0 bridgehead atoms. The first kappa shape index (κ1) is 12.4. The Morgan fingerprint density at radius 3 is 2.82 bits per heavy atom. The molecule has 94 valence electrons. The van der Waals surface area contributed by atoms with Gasteiger partial charge in [-0.2, -0.15) is 0 Å². The lowest BCUT2D eigenvalue weighted by molar-refractivity contribution is 0.388. The quantitative estimate of drug-likeness (QED) is 0.869. The van der Waals surface area contributed by atoms with E-state index in [0.29, 0.717) is 6.04 Å². The van der Waals surface area contributed by atoms with Crippen molar-refractivity contribution < 1.29 is 0 Å². The van der Waals surface area contributed by atoms with E-state index in [2.05, 4.69) is 41.2 Å². The molecule has 1 aromatic heterocycles. The molecule has 1 aromatic rings. The van der Waals surface area contributed by atoms with Crippen molar-refractivity contribution in [2.24, 2.45) is 5.92 Å². The Bertz CT molecular complexity index is 347. The van der Waals surface area contributed by atoms with Crippen molar-refractivity contribution in [3.05, 3.63) is 23.9 Å². The summed E-state index contributed by atoms with van der Waals surface area (Å²) in [5.41, 5.74) is 1.24. The smallest absolute Gasteiger partial charge is 0.128 e. The second-order valence-corrected chi connectivity index (χ2v) is 5.24. The highest BCUT2D eigenvalue weighted by Crippen LogP contribution is 2.25. The third kappa shape index (κ3) is 2.97. The van der Waals surface area contributed by atoms with E-state index in [9.17, 15) is 0 Å². The summed E-state index contributed by atoms with van der Waals surface area (Å²) in [5, 5.41) is 3.15. The lowest BCUT2D eigenvalue weighted by atomic mass is 9.95. The molecule has 2 unspecified atom stereocenters. The third-order valence-corrected chi connectivity index (χ3v) is 3.60. The lowest BCUT2D eigenvalue weighted by Crippen LogP contribution is -2.41. The molecular formula is C14H23N3. The fourth-order valence-electron chi connectivity index (χ4n) is 2.50. The summed E-state index contributed by atoms with van der Waals surface area (Å²) in [6.45, 7) is 6.65. The zero-order chi connectivity index (χ0) is 12.3. The van der Waals surface area contributed by atoms with Gasteiger partial charge in [-0.1, -0.05) is 13.0 Å². The number of aromatic nitrogens is 1. The predicted molar refractivity (Wildman–Crippen MR) is 72.2 cm³/mol. The topological polar surface area (TPSA) is 28.2 Å². The number of rotatable bonds is 3. The summed E-state index contributed by atoms with van der Waals surface area (Å²) in [7, 11) is 1.96. The van der Waals surface area contributed by atoms with Crippen LogP contribution in [0.1, 0.15) is 32.3 Å². The van der Waals surface area contributed by atoms with Gasteiger partial charge in [-0.05, 0) is 44.4 Å². The molecule has 1 fully saturated rings. The van der Waals surface area contributed by atoms with Gasteiger partial charge in [0.25, 0.3) is 0 Å². The molecule has 0 radical (unpaired) electrons. The number of nitrogens with one attached hydrogen (secondary N) is 1. The van der Waals surface area contributed by atoms with Gasteiger partial charge in [0.05, 0.1) is 0 Å². The van der Waals surface area contributed by atoms with Crippen LogP contribution in [0.25, 0.3) is 0 Å². The number of anilines is 1. The largest absolute Gasteiger partial charge is 0.354 e. The minimum atomic E-state index is 0.619. The highest BCUT2D eigenvalue weighted by Gasteiger charge is 2.23. The number of hydrogen-bond donors (Lipinski definition) is 1. The van der Waals surface area contributed by atoms with Crippen molar-refractivity contribution >= 4 is 5.82 Å². The molecule has 2 rings (SSSR count). The van der Waals surface area contributed by atoms with E-state index in [4.69, 9.17) is 0 Å². The molecule has 0 amide bonds. The van der Waals surface area contributed by atoms with Crippen molar-refractivity contribution in [2.45, 2.75) is 39.3 Å². The summed E-state index contributed by atoms with van der Waals surface area (Å²) < 4.78 is 0. The Morgan fingerprint density at radius 1 is 1.35 bits per heavy atom. The maximum Gasteiger partial charge on any atom is 0.128 e.